The Morgan fingerprint density at radius 1 is 0.885 bits per heavy atom. The molecule has 2 aromatic heterocycles. The molecule has 0 spiro atoms. The van der Waals surface area contributed by atoms with Gasteiger partial charge in [-0.3, -0.25) is 5.10 Å². The van der Waals surface area contributed by atoms with Gasteiger partial charge in [-0.2, -0.15) is 5.10 Å². The Labute approximate surface area is 152 Å². The van der Waals surface area contributed by atoms with Gasteiger partial charge in [0.25, 0.3) is 0 Å². The topological polar surface area (TPSA) is 66.5 Å². The summed E-state index contributed by atoms with van der Waals surface area (Å²) in [5, 5.41) is 11.8. The van der Waals surface area contributed by atoms with E-state index in [1.807, 2.05) is 60.7 Å². The van der Waals surface area contributed by atoms with Gasteiger partial charge >= 0.3 is 0 Å². The summed E-state index contributed by atoms with van der Waals surface area (Å²) in [5.74, 6) is 2.19. The van der Waals surface area contributed by atoms with E-state index in [9.17, 15) is 0 Å². The highest BCUT2D eigenvalue weighted by molar-refractivity contribution is 5.91. The van der Waals surface area contributed by atoms with Gasteiger partial charge < -0.3 is 5.32 Å². The lowest BCUT2D eigenvalue weighted by atomic mass is 9.92. The molecule has 0 atom stereocenters. The Kier molecular flexibility index (Phi) is 3.92. The maximum atomic E-state index is 4.76. The number of hydrogen-bond donors (Lipinski definition) is 2. The van der Waals surface area contributed by atoms with Crippen LogP contribution in [0.1, 0.15) is 26.5 Å². The number of aromatic amines is 1. The van der Waals surface area contributed by atoms with Crippen LogP contribution in [0.4, 0.5) is 11.6 Å². The van der Waals surface area contributed by atoms with E-state index in [0.717, 1.165) is 33.8 Å². The molecular formula is C21H21N5. The molecule has 0 bridgehead atoms. The predicted molar refractivity (Wildman–Crippen MR) is 106 cm³/mol. The molecule has 2 N–H and O–H groups in total. The summed E-state index contributed by atoms with van der Waals surface area (Å²) in [6, 6.07) is 20.0. The van der Waals surface area contributed by atoms with Crippen LogP contribution in [0.2, 0.25) is 0 Å². The van der Waals surface area contributed by atoms with Crippen molar-refractivity contribution >= 4 is 22.5 Å². The average Bonchev–Trinajstić information content (AvgIpc) is 3.11. The van der Waals surface area contributed by atoms with E-state index in [1.54, 1.807) is 0 Å². The van der Waals surface area contributed by atoms with Gasteiger partial charge in [-0.05, 0) is 12.1 Å². The highest BCUT2D eigenvalue weighted by Gasteiger charge is 2.17. The molecule has 0 fully saturated rings. The first-order valence-corrected chi connectivity index (χ1v) is 8.66. The van der Waals surface area contributed by atoms with Crippen LogP contribution in [0, 0.1) is 0 Å². The number of anilines is 2. The number of fused-ring (bicyclic) bond motifs is 1. The standard InChI is InChI=1S/C21H21N5/c1-21(2,3)17-13-18(26-25-17)23-20-15-11-7-8-12-16(15)22-19(24-20)14-9-5-4-6-10-14/h4-13H,1-3H3,(H2,22,23,24,25,26). The van der Waals surface area contributed by atoms with E-state index in [-0.39, 0.29) is 5.41 Å². The van der Waals surface area contributed by atoms with Gasteiger partial charge in [0.2, 0.25) is 0 Å². The van der Waals surface area contributed by atoms with Crippen LogP contribution in [0.25, 0.3) is 22.3 Å². The minimum absolute atomic E-state index is 0.00979. The SMILES string of the molecule is CC(C)(C)c1cc(Nc2nc(-c3ccccc3)nc3ccccc23)n[nH]1. The maximum Gasteiger partial charge on any atom is 0.162 e. The zero-order valence-electron chi connectivity index (χ0n) is 15.1. The van der Waals surface area contributed by atoms with Crippen molar-refractivity contribution < 1.29 is 0 Å². The van der Waals surface area contributed by atoms with Crippen molar-refractivity contribution in [2.24, 2.45) is 0 Å². The Hall–Kier alpha value is -3.21. The van der Waals surface area contributed by atoms with E-state index in [0.29, 0.717) is 5.82 Å². The summed E-state index contributed by atoms with van der Waals surface area (Å²) in [4.78, 5) is 9.47. The summed E-state index contributed by atoms with van der Waals surface area (Å²) < 4.78 is 0. The number of nitrogens with zero attached hydrogens (tertiary/aromatic N) is 3. The Balaban J connectivity index is 1.79. The molecule has 2 heterocycles. The van der Waals surface area contributed by atoms with Gasteiger partial charge in [0.05, 0.1) is 5.52 Å². The molecule has 0 saturated heterocycles. The zero-order chi connectivity index (χ0) is 18.1. The summed E-state index contributed by atoms with van der Waals surface area (Å²) in [7, 11) is 0. The first kappa shape index (κ1) is 16.3. The summed E-state index contributed by atoms with van der Waals surface area (Å²) in [6.45, 7) is 6.45. The predicted octanol–water partition coefficient (Wildman–Crippen LogP) is 5.06. The van der Waals surface area contributed by atoms with Crippen LogP contribution in [0.3, 0.4) is 0 Å². The molecule has 130 valence electrons. The monoisotopic (exact) mass is 343 g/mol. The number of benzene rings is 2. The molecular weight excluding hydrogens is 322 g/mol. The third-order valence-electron chi connectivity index (χ3n) is 4.27. The van der Waals surface area contributed by atoms with Crippen molar-refractivity contribution in [1.29, 1.82) is 0 Å². The third kappa shape index (κ3) is 3.16. The largest absolute Gasteiger partial charge is 0.323 e. The van der Waals surface area contributed by atoms with Crippen LogP contribution < -0.4 is 5.32 Å². The van der Waals surface area contributed by atoms with Crippen molar-refractivity contribution in [1.82, 2.24) is 20.2 Å². The minimum Gasteiger partial charge on any atom is -0.323 e. The summed E-state index contributed by atoms with van der Waals surface area (Å²) in [5.41, 5.74) is 2.96. The molecule has 0 unspecified atom stereocenters. The van der Waals surface area contributed by atoms with Crippen LogP contribution >= 0.6 is 0 Å². The summed E-state index contributed by atoms with van der Waals surface area (Å²) >= 11 is 0. The fourth-order valence-corrected chi connectivity index (χ4v) is 2.78. The first-order valence-electron chi connectivity index (χ1n) is 8.66. The average molecular weight is 343 g/mol. The first-order chi connectivity index (χ1) is 12.5. The normalized spacial score (nSPS) is 11.7. The maximum absolute atomic E-state index is 4.76. The molecule has 26 heavy (non-hydrogen) atoms. The van der Waals surface area contributed by atoms with Crippen LogP contribution in [0.15, 0.2) is 60.7 Å². The second kappa shape index (κ2) is 6.26. The smallest absolute Gasteiger partial charge is 0.162 e. The molecule has 0 saturated carbocycles. The van der Waals surface area contributed by atoms with Crippen molar-refractivity contribution in [2.45, 2.75) is 26.2 Å². The molecule has 4 rings (SSSR count). The molecule has 0 aliphatic heterocycles. The van der Waals surface area contributed by atoms with Crippen molar-refractivity contribution in [3.8, 4) is 11.4 Å². The molecule has 0 aliphatic carbocycles. The number of para-hydroxylation sites is 1. The molecule has 4 aromatic rings. The Morgan fingerprint density at radius 2 is 1.62 bits per heavy atom. The molecule has 2 aromatic carbocycles. The molecule has 5 heteroatoms. The van der Waals surface area contributed by atoms with Crippen molar-refractivity contribution in [2.75, 3.05) is 5.32 Å². The second-order valence-electron chi connectivity index (χ2n) is 7.32. The molecule has 0 aliphatic rings. The van der Waals surface area contributed by atoms with Crippen LogP contribution in [0.5, 0.6) is 0 Å². The summed E-state index contributed by atoms with van der Waals surface area (Å²) in [6.07, 6.45) is 0. The lowest BCUT2D eigenvalue weighted by molar-refractivity contribution is 0.567. The fraction of sp³-hybridized carbons (Fsp3) is 0.190. The number of hydrogen-bond acceptors (Lipinski definition) is 4. The van der Waals surface area contributed by atoms with Gasteiger partial charge in [0, 0.05) is 28.1 Å². The fourth-order valence-electron chi connectivity index (χ4n) is 2.78. The lowest BCUT2D eigenvalue weighted by Crippen LogP contribution is -2.11. The van der Waals surface area contributed by atoms with Crippen LogP contribution in [-0.4, -0.2) is 20.2 Å². The van der Waals surface area contributed by atoms with Gasteiger partial charge in [0.1, 0.15) is 5.82 Å². The Bertz CT molecular complexity index is 1040. The van der Waals surface area contributed by atoms with E-state index < -0.39 is 0 Å². The Morgan fingerprint density at radius 3 is 2.35 bits per heavy atom. The lowest BCUT2D eigenvalue weighted by Gasteiger charge is -2.14. The van der Waals surface area contributed by atoms with E-state index in [4.69, 9.17) is 9.97 Å². The zero-order valence-corrected chi connectivity index (χ0v) is 15.1. The number of rotatable bonds is 3. The number of H-pyrrole nitrogens is 1. The van der Waals surface area contributed by atoms with E-state index in [1.165, 1.54) is 0 Å². The van der Waals surface area contributed by atoms with Crippen molar-refractivity contribution in [3.05, 3.63) is 66.4 Å². The van der Waals surface area contributed by atoms with Crippen molar-refractivity contribution in [3.63, 3.8) is 0 Å². The highest BCUT2D eigenvalue weighted by Crippen LogP contribution is 2.28. The third-order valence-corrected chi connectivity index (χ3v) is 4.27. The van der Waals surface area contributed by atoms with Crippen LogP contribution in [-0.2, 0) is 5.41 Å². The van der Waals surface area contributed by atoms with E-state index in [2.05, 4.69) is 36.3 Å². The van der Waals surface area contributed by atoms with Gasteiger partial charge in [-0.15, -0.1) is 0 Å². The number of nitrogens with one attached hydrogen (secondary N) is 2. The highest BCUT2D eigenvalue weighted by atomic mass is 15.2. The van der Waals surface area contributed by atoms with E-state index >= 15 is 0 Å². The van der Waals surface area contributed by atoms with Gasteiger partial charge in [0.15, 0.2) is 11.6 Å². The molecule has 0 amide bonds. The quantitative estimate of drug-likeness (QED) is 0.545. The second-order valence-corrected chi connectivity index (χ2v) is 7.32. The number of aromatic nitrogens is 4. The molecule has 5 nitrogen and oxygen atoms in total. The van der Waals surface area contributed by atoms with Gasteiger partial charge in [-0.25, -0.2) is 9.97 Å². The minimum atomic E-state index is 0.00979. The van der Waals surface area contributed by atoms with Gasteiger partial charge in [-0.1, -0.05) is 63.2 Å². The molecule has 0 radical (unpaired) electrons.